The fourth-order valence-corrected chi connectivity index (χ4v) is 2.48. The Morgan fingerprint density at radius 3 is 2.65 bits per heavy atom. The highest BCUT2D eigenvalue weighted by Crippen LogP contribution is 2.41. The molecule has 0 saturated heterocycles. The molecule has 23 heavy (non-hydrogen) atoms. The van der Waals surface area contributed by atoms with E-state index in [9.17, 15) is 9.59 Å². The van der Waals surface area contributed by atoms with Gasteiger partial charge >= 0.3 is 5.97 Å². The molecule has 0 aromatic heterocycles. The lowest BCUT2D eigenvalue weighted by Gasteiger charge is -2.30. The molecule has 3 rings (SSSR count). The molecular formula is C17H15NO5. The highest BCUT2D eigenvalue weighted by atomic mass is 16.5. The highest BCUT2D eigenvalue weighted by molar-refractivity contribution is 6.06. The van der Waals surface area contributed by atoms with Crippen molar-refractivity contribution in [3.63, 3.8) is 0 Å². The number of fused-ring (bicyclic) bond motifs is 1. The van der Waals surface area contributed by atoms with Crippen LogP contribution in [0.1, 0.15) is 10.4 Å². The fraction of sp³-hybridized carbons (Fsp3) is 0.176. The maximum absolute atomic E-state index is 12.4. The van der Waals surface area contributed by atoms with Gasteiger partial charge in [-0.25, -0.2) is 4.79 Å². The Kier molecular flexibility index (Phi) is 3.89. The van der Waals surface area contributed by atoms with Gasteiger partial charge in [-0.05, 0) is 30.3 Å². The summed E-state index contributed by atoms with van der Waals surface area (Å²) in [4.78, 5) is 25.7. The molecule has 1 amide bonds. The monoisotopic (exact) mass is 313 g/mol. The molecule has 2 aromatic carbocycles. The average molecular weight is 313 g/mol. The molecule has 118 valence electrons. The molecule has 6 heteroatoms. The van der Waals surface area contributed by atoms with Crippen molar-refractivity contribution >= 4 is 23.3 Å². The van der Waals surface area contributed by atoms with Crippen LogP contribution in [0.3, 0.4) is 0 Å². The lowest BCUT2D eigenvalue weighted by atomic mass is 10.1. The zero-order chi connectivity index (χ0) is 16.4. The summed E-state index contributed by atoms with van der Waals surface area (Å²) in [5.41, 5.74) is 1.41. The van der Waals surface area contributed by atoms with Gasteiger partial charge in [0, 0.05) is 0 Å². The topological polar surface area (TPSA) is 65.1 Å². The maximum atomic E-state index is 12.4. The largest absolute Gasteiger partial charge is 0.495 e. The second-order valence-corrected chi connectivity index (χ2v) is 4.86. The van der Waals surface area contributed by atoms with Crippen LogP contribution in [0.15, 0.2) is 42.5 Å². The minimum Gasteiger partial charge on any atom is -0.495 e. The van der Waals surface area contributed by atoms with Crippen molar-refractivity contribution < 1.29 is 23.8 Å². The summed E-state index contributed by atoms with van der Waals surface area (Å²) >= 11 is 0. The molecule has 0 radical (unpaired) electrons. The molecule has 0 bridgehead atoms. The predicted octanol–water partition coefficient (Wildman–Crippen LogP) is 2.54. The molecule has 0 unspecified atom stereocenters. The van der Waals surface area contributed by atoms with Crippen molar-refractivity contribution in [2.24, 2.45) is 0 Å². The van der Waals surface area contributed by atoms with Gasteiger partial charge in [0.2, 0.25) is 0 Å². The number of hydrogen-bond acceptors (Lipinski definition) is 5. The number of amides is 1. The number of carbonyl (C=O) groups excluding carboxylic acids is 2. The number of methoxy groups -OCH3 is 2. The second kappa shape index (κ2) is 6.00. The second-order valence-electron chi connectivity index (χ2n) is 4.86. The third-order valence-corrected chi connectivity index (χ3v) is 3.55. The average Bonchev–Trinajstić information content (AvgIpc) is 2.60. The van der Waals surface area contributed by atoms with Gasteiger partial charge in [-0.2, -0.15) is 0 Å². The molecule has 0 atom stereocenters. The number of rotatable bonds is 3. The number of benzene rings is 2. The number of hydrogen-bond donors (Lipinski definition) is 0. The number of anilines is 2. The van der Waals surface area contributed by atoms with Crippen LogP contribution >= 0.6 is 0 Å². The van der Waals surface area contributed by atoms with E-state index in [4.69, 9.17) is 14.2 Å². The summed E-state index contributed by atoms with van der Waals surface area (Å²) in [6.45, 7) is -0.0807. The molecule has 0 aliphatic carbocycles. The normalized spacial score (nSPS) is 13.1. The third-order valence-electron chi connectivity index (χ3n) is 3.55. The van der Waals surface area contributed by atoms with E-state index in [1.165, 1.54) is 19.1 Å². The summed E-state index contributed by atoms with van der Waals surface area (Å²) in [7, 11) is 2.84. The van der Waals surface area contributed by atoms with Crippen molar-refractivity contribution in [3.8, 4) is 11.5 Å². The molecule has 2 aromatic rings. The molecule has 1 aliphatic heterocycles. The molecule has 1 heterocycles. The van der Waals surface area contributed by atoms with Gasteiger partial charge in [0.1, 0.15) is 11.5 Å². The van der Waals surface area contributed by atoms with Crippen LogP contribution in [0.5, 0.6) is 11.5 Å². The van der Waals surface area contributed by atoms with Gasteiger partial charge in [0.05, 0.1) is 31.2 Å². The van der Waals surface area contributed by atoms with Gasteiger partial charge in [-0.3, -0.25) is 9.69 Å². The minimum atomic E-state index is -0.481. The summed E-state index contributed by atoms with van der Waals surface area (Å²) in [5, 5.41) is 0. The van der Waals surface area contributed by atoms with E-state index in [2.05, 4.69) is 0 Å². The highest BCUT2D eigenvalue weighted by Gasteiger charge is 2.29. The van der Waals surface area contributed by atoms with Crippen LogP contribution in [0.4, 0.5) is 11.4 Å². The van der Waals surface area contributed by atoms with Crippen molar-refractivity contribution in [3.05, 3.63) is 48.0 Å². The van der Waals surface area contributed by atoms with E-state index >= 15 is 0 Å². The summed E-state index contributed by atoms with van der Waals surface area (Å²) < 4.78 is 15.5. The zero-order valence-electron chi connectivity index (χ0n) is 12.7. The zero-order valence-corrected chi connectivity index (χ0v) is 12.7. The summed E-state index contributed by atoms with van der Waals surface area (Å²) in [6.07, 6.45) is 0. The number of esters is 1. The van der Waals surface area contributed by atoms with Gasteiger partial charge in [0.25, 0.3) is 5.91 Å². The van der Waals surface area contributed by atoms with E-state index < -0.39 is 5.97 Å². The van der Waals surface area contributed by atoms with Crippen molar-refractivity contribution in [1.29, 1.82) is 0 Å². The number of carbonyl (C=O) groups is 2. The molecule has 6 nitrogen and oxygen atoms in total. The van der Waals surface area contributed by atoms with Crippen LogP contribution in [-0.4, -0.2) is 32.7 Å². The first kappa shape index (κ1) is 14.9. The number of nitrogens with zero attached hydrogens (tertiary/aromatic N) is 1. The Balaban J connectivity index is 2.15. The smallest absolute Gasteiger partial charge is 0.337 e. The van der Waals surface area contributed by atoms with Crippen molar-refractivity contribution in [2.75, 3.05) is 25.7 Å². The minimum absolute atomic E-state index is 0.0807. The van der Waals surface area contributed by atoms with E-state index in [1.807, 2.05) is 12.1 Å². The standard InChI is InChI=1S/C17H15NO5/c1-21-14-6-4-3-5-12(14)18-13-9-11(17(20)22-2)7-8-15(13)23-10-16(18)19/h3-9H,10H2,1-2H3. The first-order valence-corrected chi connectivity index (χ1v) is 6.97. The third kappa shape index (κ3) is 2.59. The Labute approximate surface area is 133 Å². The van der Waals surface area contributed by atoms with Crippen LogP contribution in [0.25, 0.3) is 0 Å². The lowest BCUT2D eigenvalue weighted by Crippen LogP contribution is -2.35. The number of para-hydroxylation sites is 2. The molecule has 1 aliphatic rings. The lowest BCUT2D eigenvalue weighted by molar-refractivity contribution is -0.120. The van der Waals surface area contributed by atoms with Crippen LogP contribution in [0.2, 0.25) is 0 Å². The maximum Gasteiger partial charge on any atom is 0.337 e. The summed E-state index contributed by atoms with van der Waals surface area (Å²) in [5.74, 6) is 0.343. The van der Waals surface area contributed by atoms with E-state index in [0.29, 0.717) is 28.4 Å². The molecular weight excluding hydrogens is 298 g/mol. The Morgan fingerprint density at radius 2 is 1.91 bits per heavy atom. The van der Waals surface area contributed by atoms with Gasteiger partial charge in [-0.15, -0.1) is 0 Å². The summed E-state index contributed by atoms with van der Waals surface area (Å²) in [6, 6.07) is 12.0. The van der Waals surface area contributed by atoms with Crippen molar-refractivity contribution in [2.45, 2.75) is 0 Å². The van der Waals surface area contributed by atoms with Gasteiger partial charge in [-0.1, -0.05) is 12.1 Å². The molecule has 0 saturated carbocycles. The van der Waals surface area contributed by atoms with Crippen LogP contribution < -0.4 is 14.4 Å². The Hall–Kier alpha value is -3.02. The van der Waals surface area contributed by atoms with Gasteiger partial charge < -0.3 is 14.2 Å². The first-order valence-electron chi connectivity index (χ1n) is 6.97. The van der Waals surface area contributed by atoms with E-state index in [1.54, 1.807) is 30.3 Å². The fourth-order valence-electron chi connectivity index (χ4n) is 2.48. The SMILES string of the molecule is COC(=O)c1ccc2c(c1)N(c1ccccc1OC)C(=O)CO2. The quantitative estimate of drug-likeness (QED) is 0.815. The van der Waals surface area contributed by atoms with Crippen molar-refractivity contribution in [1.82, 2.24) is 0 Å². The first-order chi connectivity index (χ1) is 11.2. The molecule has 0 fully saturated rings. The van der Waals surface area contributed by atoms with E-state index in [-0.39, 0.29) is 12.5 Å². The molecule has 0 spiro atoms. The van der Waals surface area contributed by atoms with Crippen LogP contribution in [0, 0.1) is 0 Å². The molecule has 0 N–H and O–H groups in total. The van der Waals surface area contributed by atoms with E-state index in [0.717, 1.165) is 0 Å². The Bertz CT molecular complexity index is 771. The number of ether oxygens (including phenoxy) is 3. The predicted molar refractivity (Wildman–Crippen MR) is 83.4 cm³/mol. The van der Waals surface area contributed by atoms with Crippen LogP contribution in [-0.2, 0) is 9.53 Å². The van der Waals surface area contributed by atoms with Gasteiger partial charge in [0.15, 0.2) is 6.61 Å². The Morgan fingerprint density at radius 1 is 1.13 bits per heavy atom.